The molecule has 1 atom stereocenters. The summed E-state index contributed by atoms with van der Waals surface area (Å²) in [6, 6.07) is 23.5. The summed E-state index contributed by atoms with van der Waals surface area (Å²) in [7, 11) is -4.04. The molecule has 1 N–H and O–H groups in total. The van der Waals surface area contributed by atoms with Gasteiger partial charge in [0.05, 0.1) is 10.6 Å². The van der Waals surface area contributed by atoms with E-state index in [1.807, 2.05) is 37.3 Å². The molecular formula is C27H31N3O4S. The van der Waals surface area contributed by atoms with Crippen LogP contribution < -0.4 is 9.62 Å². The standard InChI is InChI=1S/C27H31N3O4S/c1-4-28-27(32)22(3)29(19-23-11-7-5-8-12-23)26(31)20-30(24-17-15-21(2)16-18-24)35(33,34)25-13-9-6-10-14-25/h5-18,22H,4,19-20H2,1-3H3,(H,28,32)/t22-/m1/s1. The Labute approximate surface area is 207 Å². The third-order valence-corrected chi connectivity index (χ3v) is 7.43. The minimum atomic E-state index is -4.04. The highest BCUT2D eigenvalue weighted by Crippen LogP contribution is 2.25. The predicted molar refractivity (Wildman–Crippen MR) is 137 cm³/mol. The van der Waals surface area contributed by atoms with Crippen molar-refractivity contribution in [2.24, 2.45) is 0 Å². The number of carbonyl (C=O) groups is 2. The van der Waals surface area contributed by atoms with E-state index in [4.69, 9.17) is 0 Å². The highest BCUT2D eigenvalue weighted by atomic mass is 32.2. The van der Waals surface area contributed by atoms with Crippen molar-refractivity contribution in [3.05, 3.63) is 96.1 Å². The molecule has 0 aromatic heterocycles. The minimum absolute atomic E-state index is 0.0831. The zero-order valence-corrected chi connectivity index (χ0v) is 21.0. The number of carbonyl (C=O) groups excluding carboxylic acids is 2. The van der Waals surface area contributed by atoms with Crippen LogP contribution in [0.15, 0.2) is 89.8 Å². The number of likely N-dealkylation sites (N-methyl/N-ethyl adjacent to an activating group) is 1. The highest BCUT2D eigenvalue weighted by molar-refractivity contribution is 7.92. The minimum Gasteiger partial charge on any atom is -0.355 e. The van der Waals surface area contributed by atoms with E-state index in [0.29, 0.717) is 12.2 Å². The molecule has 8 heteroatoms. The molecule has 0 bridgehead atoms. The average molecular weight is 494 g/mol. The quantitative estimate of drug-likeness (QED) is 0.466. The zero-order chi connectivity index (χ0) is 25.4. The maximum absolute atomic E-state index is 13.7. The molecule has 35 heavy (non-hydrogen) atoms. The normalized spacial score (nSPS) is 12.0. The first-order chi connectivity index (χ1) is 16.7. The Bertz CT molecular complexity index is 1230. The molecule has 0 unspecified atom stereocenters. The fourth-order valence-corrected chi connectivity index (χ4v) is 5.08. The van der Waals surface area contributed by atoms with Gasteiger partial charge in [-0.3, -0.25) is 13.9 Å². The molecule has 3 aromatic carbocycles. The van der Waals surface area contributed by atoms with Crippen LogP contribution in [0.4, 0.5) is 5.69 Å². The van der Waals surface area contributed by atoms with Gasteiger partial charge in [0, 0.05) is 13.1 Å². The van der Waals surface area contributed by atoms with Gasteiger partial charge >= 0.3 is 0 Å². The molecule has 0 aliphatic rings. The largest absolute Gasteiger partial charge is 0.355 e. The molecule has 7 nitrogen and oxygen atoms in total. The first-order valence-electron chi connectivity index (χ1n) is 11.5. The predicted octanol–water partition coefficient (Wildman–Crippen LogP) is 3.74. The lowest BCUT2D eigenvalue weighted by atomic mass is 10.1. The van der Waals surface area contributed by atoms with Crippen LogP contribution in [-0.4, -0.2) is 44.3 Å². The maximum atomic E-state index is 13.7. The van der Waals surface area contributed by atoms with Crippen LogP contribution in [0.5, 0.6) is 0 Å². The topological polar surface area (TPSA) is 86.8 Å². The summed E-state index contributed by atoms with van der Waals surface area (Å²) in [5.74, 6) is -0.780. The summed E-state index contributed by atoms with van der Waals surface area (Å²) in [6.07, 6.45) is 0. The molecule has 0 saturated heterocycles. The second kappa shape index (κ2) is 11.7. The van der Waals surface area contributed by atoms with Crippen molar-refractivity contribution >= 4 is 27.5 Å². The van der Waals surface area contributed by atoms with Crippen LogP contribution in [0.25, 0.3) is 0 Å². The van der Waals surface area contributed by atoms with Gasteiger partial charge in [-0.2, -0.15) is 0 Å². The Morgan fingerprint density at radius 3 is 2.03 bits per heavy atom. The van der Waals surface area contributed by atoms with Gasteiger partial charge in [-0.15, -0.1) is 0 Å². The smallest absolute Gasteiger partial charge is 0.264 e. The van der Waals surface area contributed by atoms with Crippen molar-refractivity contribution in [2.45, 2.75) is 38.3 Å². The third kappa shape index (κ3) is 6.48. The van der Waals surface area contributed by atoms with Gasteiger partial charge in [0.15, 0.2) is 0 Å². The van der Waals surface area contributed by atoms with Gasteiger partial charge in [-0.25, -0.2) is 8.42 Å². The van der Waals surface area contributed by atoms with Gasteiger partial charge in [0.25, 0.3) is 10.0 Å². The number of sulfonamides is 1. The van der Waals surface area contributed by atoms with Gasteiger partial charge in [0.2, 0.25) is 11.8 Å². The summed E-state index contributed by atoms with van der Waals surface area (Å²) >= 11 is 0. The summed E-state index contributed by atoms with van der Waals surface area (Å²) in [6.45, 7) is 5.50. The van der Waals surface area contributed by atoms with E-state index in [-0.39, 0.29) is 17.3 Å². The summed E-state index contributed by atoms with van der Waals surface area (Å²) in [4.78, 5) is 27.8. The third-order valence-electron chi connectivity index (χ3n) is 5.65. The summed E-state index contributed by atoms with van der Waals surface area (Å²) < 4.78 is 28.3. The lowest BCUT2D eigenvalue weighted by molar-refractivity contribution is -0.139. The molecule has 0 saturated carbocycles. The second-order valence-electron chi connectivity index (χ2n) is 8.24. The fraction of sp³-hybridized carbons (Fsp3) is 0.259. The number of anilines is 1. The number of hydrogen-bond donors (Lipinski definition) is 1. The van der Waals surface area contributed by atoms with Crippen LogP contribution >= 0.6 is 0 Å². The molecule has 0 spiro atoms. The van der Waals surface area contributed by atoms with E-state index >= 15 is 0 Å². The highest BCUT2D eigenvalue weighted by Gasteiger charge is 2.32. The fourth-order valence-electron chi connectivity index (χ4n) is 3.64. The van der Waals surface area contributed by atoms with E-state index in [1.165, 1.54) is 17.0 Å². The molecule has 2 amide bonds. The Kier molecular flexibility index (Phi) is 8.65. The molecule has 0 aliphatic heterocycles. The first-order valence-corrected chi connectivity index (χ1v) is 12.9. The Morgan fingerprint density at radius 2 is 1.46 bits per heavy atom. The molecule has 3 rings (SSSR count). The van der Waals surface area contributed by atoms with E-state index in [2.05, 4.69) is 5.32 Å². The molecule has 184 valence electrons. The van der Waals surface area contributed by atoms with Crippen LogP contribution in [-0.2, 0) is 26.2 Å². The molecule has 0 fully saturated rings. The Balaban J connectivity index is 2.00. The van der Waals surface area contributed by atoms with Crippen LogP contribution in [0.2, 0.25) is 0 Å². The monoisotopic (exact) mass is 493 g/mol. The van der Waals surface area contributed by atoms with E-state index < -0.39 is 28.5 Å². The SMILES string of the molecule is CCNC(=O)[C@@H](C)N(Cc1ccccc1)C(=O)CN(c1ccc(C)cc1)S(=O)(=O)c1ccccc1. The number of aryl methyl sites for hydroxylation is 1. The van der Waals surface area contributed by atoms with Gasteiger partial charge in [-0.1, -0.05) is 66.2 Å². The number of amides is 2. The van der Waals surface area contributed by atoms with Crippen LogP contribution in [0.1, 0.15) is 25.0 Å². The van der Waals surface area contributed by atoms with Gasteiger partial charge in [-0.05, 0) is 50.6 Å². The molecule has 0 heterocycles. The number of nitrogens with one attached hydrogen (secondary N) is 1. The molecule has 0 radical (unpaired) electrons. The lowest BCUT2D eigenvalue weighted by Gasteiger charge is -2.32. The molecule has 0 aliphatic carbocycles. The van der Waals surface area contributed by atoms with E-state index in [0.717, 1.165) is 15.4 Å². The number of hydrogen-bond acceptors (Lipinski definition) is 4. The van der Waals surface area contributed by atoms with Crippen LogP contribution in [0.3, 0.4) is 0 Å². The van der Waals surface area contributed by atoms with Crippen molar-refractivity contribution < 1.29 is 18.0 Å². The second-order valence-corrected chi connectivity index (χ2v) is 10.1. The maximum Gasteiger partial charge on any atom is 0.264 e. The average Bonchev–Trinajstić information content (AvgIpc) is 2.87. The molecule has 3 aromatic rings. The number of rotatable bonds is 10. The van der Waals surface area contributed by atoms with Crippen molar-refractivity contribution in [1.82, 2.24) is 10.2 Å². The van der Waals surface area contributed by atoms with Crippen molar-refractivity contribution in [2.75, 3.05) is 17.4 Å². The van der Waals surface area contributed by atoms with Crippen LogP contribution in [0, 0.1) is 6.92 Å². The lowest BCUT2D eigenvalue weighted by Crippen LogP contribution is -2.51. The van der Waals surface area contributed by atoms with Gasteiger partial charge in [0.1, 0.15) is 12.6 Å². The van der Waals surface area contributed by atoms with E-state index in [9.17, 15) is 18.0 Å². The van der Waals surface area contributed by atoms with Crippen molar-refractivity contribution in [3.8, 4) is 0 Å². The number of nitrogens with zero attached hydrogens (tertiary/aromatic N) is 2. The van der Waals surface area contributed by atoms with Crippen molar-refractivity contribution in [1.29, 1.82) is 0 Å². The molecular weight excluding hydrogens is 462 g/mol. The summed E-state index contributed by atoms with van der Waals surface area (Å²) in [5, 5.41) is 2.75. The zero-order valence-electron chi connectivity index (χ0n) is 20.2. The first kappa shape index (κ1) is 26.0. The van der Waals surface area contributed by atoms with Crippen molar-refractivity contribution in [3.63, 3.8) is 0 Å². The summed E-state index contributed by atoms with van der Waals surface area (Å²) in [5.41, 5.74) is 2.18. The number of benzene rings is 3. The van der Waals surface area contributed by atoms with Gasteiger partial charge < -0.3 is 10.2 Å². The Hall–Kier alpha value is -3.65. The Morgan fingerprint density at radius 1 is 0.886 bits per heavy atom. The van der Waals surface area contributed by atoms with E-state index in [1.54, 1.807) is 56.3 Å².